The lowest BCUT2D eigenvalue weighted by molar-refractivity contribution is -0.137. The van der Waals surface area contributed by atoms with Crippen LogP contribution in [0.5, 0.6) is 0 Å². The number of aromatic nitrogens is 2. The normalized spacial score (nSPS) is 19.8. The number of carboxylic acid groups (broad SMARTS) is 1. The van der Waals surface area contributed by atoms with Gasteiger partial charge in [-0.25, -0.2) is 4.98 Å². The number of aliphatic carboxylic acids is 1. The third-order valence-electron chi connectivity index (χ3n) is 5.49. The molecule has 8 heteroatoms. The molecule has 2 N–H and O–H groups in total. The van der Waals surface area contributed by atoms with E-state index < -0.39 is 18.1 Å². The zero-order chi connectivity index (χ0) is 21.0. The smallest absolute Gasteiger partial charge is 0.323 e. The molecule has 2 atom stereocenters. The number of piperidine rings is 1. The SMILES string of the molecule is Cc1c(Cl)nc(NC[C@H]2C[C@H](C)CCN2Cc2ccccc2)c(=O)n1CC(=O)O. The van der Waals surface area contributed by atoms with Crippen molar-refractivity contribution in [3.8, 4) is 0 Å². The van der Waals surface area contributed by atoms with E-state index in [1.807, 2.05) is 18.2 Å². The van der Waals surface area contributed by atoms with E-state index in [0.29, 0.717) is 18.2 Å². The van der Waals surface area contributed by atoms with Gasteiger partial charge in [0.05, 0.1) is 5.69 Å². The monoisotopic (exact) mass is 418 g/mol. The lowest BCUT2D eigenvalue weighted by Crippen LogP contribution is -2.45. The summed E-state index contributed by atoms with van der Waals surface area (Å²) in [5.74, 6) is -0.398. The van der Waals surface area contributed by atoms with Crippen LogP contribution in [0.25, 0.3) is 0 Å². The Morgan fingerprint density at radius 3 is 2.76 bits per heavy atom. The number of benzene rings is 1. The molecule has 0 amide bonds. The Balaban J connectivity index is 1.76. The first-order chi connectivity index (χ1) is 13.8. The van der Waals surface area contributed by atoms with Crippen molar-refractivity contribution in [2.75, 3.05) is 18.4 Å². The third kappa shape index (κ3) is 5.36. The number of carbonyl (C=O) groups is 1. The van der Waals surface area contributed by atoms with Gasteiger partial charge in [-0.05, 0) is 37.8 Å². The van der Waals surface area contributed by atoms with Crippen LogP contribution in [-0.4, -0.2) is 44.7 Å². The Hall–Kier alpha value is -2.38. The highest BCUT2D eigenvalue weighted by Crippen LogP contribution is 2.24. The second-order valence-electron chi connectivity index (χ2n) is 7.74. The van der Waals surface area contributed by atoms with Crippen molar-refractivity contribution in [1.82, 2.24) is 14.5 Å². The standard InChI is InChI=1S/C21H27ClN4O3/c1-14-8-9-25(12-16-6-4-3-5-7-16)17(10-14)11-23-20-21(29)26(13-18(27)28)15(2)19(22)24-20/h3-7,14,17H,8-13H2,1-2H3,(H,23,24)(H,27,28)/t14-,17-/m1/s1. The summed E-state index contributed by atoms with van der Waals surface area (Å²) >= 11 is 6.14. The van der Waals surface area contributed by atoms with E-state index in [1.165, 1.54) is 5.56 Å². The molecule has 1 aliphatic heterocycles. The van der Waals surface area contributed by atoms with Crippen LogP contribution in [0.3, 0.4) is 0 Å². The van der Waals surface area contributed by atoms with Crippen LogP contribution in [0, 0.1) is 12.8 Å². The number of carboxylic acids is 1. The van der Waals surface area contributed by atoms with Crippen molar-refractivity contribution in [3.63, 3.8) is 0 Å². The van der Waals surface area contributed by atoms with Crippen molar-refractivity contribution in [2.24, 2.45) is 5.92 Å². The Labute approximate surface area is 175 Å². The summed E-state index contributed by atoms with van der Waals surface area (Å²) in [5.41, 5.74) is 1.14. The number of hydrogen-bond acceptors (Lipinski definition) is 5. The molecule has 0 bridgehead atoms. The van der Waals surface area contributed by atoms with Crippen molar-refractivity contribution in [2.45, 2.75) is 45.8 Å². The van der Waals surface area contributed by atoms with Gasteiger partial charge in [-0.2, -0.15) is 0 Å². The zero-order valence-electron chi connectivity index (χ0n) is 16.8. The van der Waals surface area contributed by atoms with Gasteiger partial charge >= 0.3 is 5.97 Å². The molecule has 1 fully saturated rings. The van der Waals surface area contributed by atoms with Gasteiger partial charge in [0.15, 0.2) is 11.0 Å². The first kappa shape index (κ1) is 21.3. The first-order valence-corrected chi connectivity index (χ1v) is 10.2. The van der Waals surface area contributed by atoms with Gasteiger partial charge in [0.2, 0.25) is 0 Å². The highest BCUT2D eigenvalue weighted by atomic mass is 35.5. The van der Waals surface area contributed by atoms with Gasteiger partial charge in [-0.15, -0.1) is 0 Å². The fourth-order valence-corrected chi connectivity index (χ4v) is 4.00. The van der Waals surface area contributed by atoms with Crippen LogP contribution >= 0.6 is 11.6 Å². The van der Waals surface area contributed by atoms with E-state index in [4.69, 9.17) is 16.7 Å². The third-order valence-corrected chi connectivity index (χ3v) is 5.85. The van der Waals surface area contributed by atoms with E-state index in [2.05, 4.69) is 34.3 Å². The molecule has 1 aliphatic rings. The number of likely N-dealkylation sites (tertiary alicyclic amines) is 1. The Morgan fingerprint density at radius 1 is 1.34 bits per heavy atom. The zero-order valence-corrected chi connectivity index (χ0v) is 17.5. The van der Waals surface area contributed by atoms with E-state index in [0.717, 1.165) is 30.5 Å². The van der Waals surface area contributed by atoms with Crippen LogP contribution in [0.2, 0.25) is 5.15 Å². The highest BCUT2D eigenvalue weighted by molar-refractivity contribution is 6.30. The molecule has 2 aromatic rings. The number of anilines is 1. The maximum Gasteiger partial charge on any atom is 0.323 e. The number of nitrogens with one attached hydrogen (secondary N) is 1. The molecule has 29 heavy (non-hydrogen) atoms. The molecule has 1 saturated heterocycles. The topological polar surface area (TPSA) is 87.5 Å². The van der Waals surface area contributed by atoms with Crippen LogP contribution < -0.4 is 10.9 Å². The molecule has 0 aliphatic carbocycles. The second kappa shape index (κ2) is 9.41. The molecular weight excluding hydrogens is 392 g/mol. The van der Waals surface area contributed by atoms with Gasteiger partial charge < -0.3 is 10.4 Å². The summed E-state index contributed by atoms with van der Waals surface area (Å²) in [7, 11) is 0. The number of nitrogens with zero attached hydrogens (tertiary/aromatic N) is 3. The molecule has 0 spiro atoms. The van der Waals surface area contributed by atoms with Crippen LogP contribution in [0.4, 0.5) is 5.82 Å². The molecule has 156 valence electrons. The Bertz CT molecular complexity index is 916. The Morgan fingerprint density at radius 2 is 2.07 bits per heavy atom. The van der Waals surface area contributed by atoms with Gasteiger partial charge in [-0.1, -0.05) is 48.9 Å². The molecule has 0 saturated carbocycles. The lowest BCUT2D eigenvalue weighted by Gasteiger charge is -2.38. The van der Waals surface area contributed by atoms with Gasteiger partial charge in [-0.3, -0.25) is 19.1 Å². The highest BCUT2D eigenvalue weighted by Gasteiger charge is 2.27. The van der Waals surface area contributed by atoms with Crippen molar-refractivity contribution in [3.05, 3.63) is 57.1 Å². The summed E-state index contributed by atoms with van der Waals surface area (Å²) < 4.78 is 1.14. The fraction of sp³-hybridized carbons (Fsp3) is 0.476. The van der Waals surface area contributed by atoms with Gasteiger partial charge in [0.1, 0.15) is 6.54 Å². The molecule has 7 nitrogen and oxygen atoms in total. The van der Waals surface area contributed by atoms with E-state index in [9.17, 15) is 9.59 Å². The van der Waals surface area contributed by atoms with Crippen LogP contribution in [0.15, 0.2) is 35.1 Å². The minimum absolute atomic E-state index is 0.0970. The van der Waals surface area contributed by atoms with Gasteiger partial charge in [0.25, 0.3) is 5.56 Å². The molecule has 0 unspecified atom stereocenters. The number of hydrogen-bond donors (Lipinski definition) is 2. The largest absolute Gasteiger partial charge is 0.480 e. The van der Waals surface area contributed by atoms with Crippen molar-refractivity contribution >= 4 is 23.4 Å². The lowest BCUT2D eigenvalue weighted by atomic mass is 9.92. The van der Waals surface area contributed by atoms with E-state index in [1.54, 1.807) is 6.92 Å². The van der Waals surface area contributed by atoms with E-state index >= 15 is 0 Å². The minimum atomic E-state index is -1.10. The molecule has 1 aromatic heterocycles. The maximum atomic E-state index is 12.7. The van der Waals surface area contributed by atoms with Crippen LogP contribution in [-0.2, 0) is 17.9 Å². The van der Waals surface area contributed by atoms with Crippen molar-refractivity contribution in [1.29, 1.82) is 0 Å². The van der Waals surface area contributed by atoms with E-state index in [-0.39, 0.29) is 17.0 Å². The summed E-state index contributed by atoms with van der Waals surface area (Å²) in [6.45, 7) is 5.79. The summed E-state index contributed by atoms with van der Waals surface area (Å²) in [5, 5.41) is 12.4. The van der Waals surface area contributed by atoms with Crippen LogP contribution in [0.1, 0.15) is 31.0 Å². The number of rotatable bonds is 7. The quantitative estimate of drug-likeness (QED) is 0.718. The Kier molecular flexibility index (Phi) is 6.92. The average Bonchev–Trinajstić information content (AvgIpc) is 2.69. The second-order valence-corrected chi connectivity index (χ2v) is 8.10. The maximum absolute atomic E-state index is 12.7. The van der Waals surface area contributed by atoms with Gasteiger partial charge in [0, 0.05) is 19.1 Å². The first-order valence-electron chi connectivity index (χ1n) is 9.85. The molecule has 3 rings (SSSR count). The average molecular weight is 419 g/mol. The number of halogens is 1. The molecular formula is C21H27ClN4O3. The predicted molar refractivity (Wildman–Crippen MR) is 113 cm³/mol. The fourth-order valence-electron chi connectivity index (χ4n) is 3.81. The predicted octanol–water partition coefficient (Wildman–Crippen LogP) is 3.00. The summed E-state index contributed by atoms with van der Waals surface area (Å²) in [6.07, 6.45) is 2.16. The summed E-state index contributed by atoms with van der Waals surface area (Å²) in [6, 6.07) is 10.6. The minimum Gasteiger partial charge on any atom is -0.480 e. The molecule has 1 aromatic carbocycles. The summed E-state index contributed by atoms with van der Waals surface area (Å²) in [4.78, 5) is 30.4. The molecule has 0 radical (unpaired) electrons. The molecule has 2 heterocycles. The van der Waals surface area contributed by atoms with Crippen molar-refractivity contribution < 1.29 is 9.90 Å².